The Hall–Kier alpha value is -1.91. The Morgan fingerprint density at radius 2 is 2.12 bits per heavy atom. The Kier molecular flexibility index (Phi) is 9.05. The molecule has 0 amide bonds. The first-order chi connectivity index (χ1) is 11.2. The van der Waals surface area contributed by atoms with E-state index >= 15 is 0 Å². The molecule has 2 rings (SSSR count). The Morgan fingerprint density at radius 1 is 1.29 bits per heavy atom. The molecule has 0 aliphatic heterocycles. The van der Waals surface area contributed by atoms with Crippen molar-refractivity contribution in [2.24, 2.45) is 12.0 Å². The maximum Gasteiger partial charge on any atom is 0.218 e. The first-order valence-corrected chi connectivity index (χ1v) is 7.66. The first-order valence-electron chi connectivity index (χ1n) is 7.66. The van der Waals surface area contributed by atoms with Crippen LogP contribution in [0.1, 0.15) is 25.2 Å². The smallest absolute Gasteiger partial charge is 0.218 e. The Labute approximate surface area is 159 Å². The first kappa shape index (κ1) is 20.1. The van der Waals surface area contributed by atoms with Crippen LogP contribution in [0.15, 0.2) is 29.6 Å². The maximum atomic E-state index is 5.52. The summed E-state index contributed by atoms with van der Waals surface area (Å²) in [5.41, 5.74) is 0.949. The predicted octanol–water partition coefficient (Wildman–Crippen LogP) is 1.48. The monoisotopic (exact) mass is 445 g/mol. The topological polar surface area (TPSA) is 89.2 Å². The average molecular weight is 445 g/mol. The highest BCUT2D eigenvalue weighted by Crippen LogP contribution is 2.15. The van der Waals surface area contributed by atoms with Crippen molar-refractivity contribution in [3.05, 3.63) is 36.0 Å². The number of aromatic nitrogens is 4. The third kappa shape index (κ3) is 5.95. The molecule has 0 saturated carbocycles. The zero-order chi connectivity index (χ0) is 16.5. The van der Waals surface area contributed by atoms with Gasteiger partial charge in [0.05, 0.1) is 19.7 Å². The van der Waals surface area contributed by atoms with Crippen LogP contribution in [-0.4, -0.2) is 38.9 Å². The number of aryl methyl sites for hydroxylation is 1. The van der Waals surface area contributed by atoms with Crippen LogP contribution >= 0.6 is 24.0 Å². The van der Waals surface area contributed by atoms with E-state index in [1.807, 2.05) is 33.0 Å². The lowest BCUT2D eigenvalue weighted by Crippen LogP contribution is -2.37. The summed E-state index contributed by atoms with van der Waals surface area (Å²) in [5.74, 6) is 2.18. The van der Waals surface area contributed by atoms with Gasteiger partial charge in [-0.25, -0.2) is 15.0 Å². The van der Waals surface area contributed by atoms with Crippen LogP contribution in [-0.2, 0) is 20.1 Å². The minimum atomic E-state index is 0. The van der Waals surface area contributed by atoms with Crippen molar-refractivity contribution in [1.29, 1.82) is 0 Å². The summed E-state index contributed by atoms with van der Waals surface area (Å²) >= 11 is 0. The van der Waals surface area contributed by atoms with E-state index in [-0.39, 0.29) is 24.0 Å². The molecule has 0 radical (unpaired) electrons. The van der Waals surface area contributed by atoms with Gasteiger partial charge in [-0.05, 0) is 19.9 Å². The van der Waals surface area contributed by atoms with Crippen molar-refractivity contribution in [2.75, 3.05) is 13.2 Å². The summed E-state index contributed by atoms with van der Waals surface area (Å²) in [5, 5.41) is 10.5. The van der Waals surface area contributed by atoms with Gasteiger partial charge in [0, 0.05) is 25.4 Å². The molecule has 0 unspecified atom stereocenters. The summed E-state index contributed by atoms with van der Waals surface area (Å²) in [6.07, 6.45) is 3.25. The largest absolute Gasteiger partial charge is 0.478 e. The molecule has 132 valence electrons. The molecule has 2 aromatic rings. The van der Waals surface area contributed by atoms with Gasteiger partial charge in [0.1, 0.15) is 12.2 Å². The van der Waals surface area contributed by atoms with Crippen LogP contribution in [0.2, 0.25) is 0 Å². The highest BCUT2D eigenvalue weighted by Gasteiger charge is 2.05. The molecule has 0 aromatic carbocycles. The van der Waals surface area contributed by atoms with Crippen LogP contribution in [0.5, 0.6) is 5.88 Å². The lowest BCUT2D eigenvalue weighted by atomic mass is 10.3. The molecular weight excluding hydrogens is 421 g/mol. The van der Waals surface area contributed by atoms with Gasteiger partial charge in [-0.15, -0.1) is 24.0 Å². The third-order valence-electron chi connectivity index (χ3n) is 3.10. The van der Waals surface area contributed by atoms with Crippen LogP contribution < -0.4 is 15.4 Å². The number of pyridine rings is 1. The minimum Gasteiger partial charge on any atom is -0.478 e. The normalized spacial score (nSPS) is 10.9. The van der Waals surface area contributed by atoms with E-state index in [0.717, 1.165) is 17.9 Å². The number of hydrogen-bond acceptors (Lipinski definition) is 5. The molecule has 0 fully saturated rings. The van der Waals surface area contributed by atoms with Crippen molar-refractivity contribution in [1.82, 2.24) is 30.4 Å². The van der Waals surface area contributed by atoms with E-state index in [9.17, 15) is 0 Å². The molecule has 2 N–H and O–H groups in total. The Morgan fingerprint density at radius 3 is 2.79 bits per heavy atom. The summed E-state index contributed by atoms with van der Waals surface area (Å²) in [6, 6.07) is 3.85. The minimum absolute atomic E-state index is 0. The van der Waals surface area contributed by atoms with Gasteiger partial charge in [0.15, 0.2) is 5.96 Å². The molecule has 2 aromatic heterocycles. The van der Waals surface area contributed by atoms with Crippen molar-refractivity contribution >= 4 is 29.9 Å². The number of halogens is 1. The van der Waals surface area contributed by atoms with E-state index in [0.29, 0.717) is 31.5 Å². The van der Waals surface area contributed by atoms with Gasteiger partial charge in [0.25, 0.3) is 0 Å². The SMILES string of the molecule is CCNC(=NCc1cccnc1OCC)NCc1ncnn1C.I. The third-order valence-corrected chi connectivity index (χ3v) is 3.10. The van der Waals surface area contributed by atoms with Crippen LogP contribution in [0.4, 0.5) is 0 Å². The van der Waals surface area contributed by atoms with Crippen LogP contribution in [0.25, 0.3) is 0 Å². The van der Waals surface area contributed by atoms with Crippen LogP contribution in [0.3, 0.4) is 0 Å². The second-order valence-corrected chi connectivity index (χ2v) is 4.75. The lowest BCUT2D eigenvalue weighted by molar-refractivity contribution is 0.323. The van der Waals surface area contributed by atoms with Gasteiger partial charge < -0.3 is 15.4 Å². The Balaban J connectivity index is 0.00000288. The summed E-state index contributed by atoms with van der Waals surface area (Å²) < 4.78 is 7.25. The predicted molar refractivity (Wildman–Crippen MR) is 103 cm³/mol. The summed E-state index contributed by atoms with van der Waals surface area (Å²) in [4.78, 5) is 13.0. The zero-order valence-corrected chi connectivity index (χ0v) is 16.5. The van der Waals surface area contributed by atoms with Gasteiger partial charge in [-0.1, -0.05) is 6.07 Å². The molecular formula is C15H24IN7O. The number of rotatable bonds is 7. The summed E-state index contributed by atoms with van der Waals surface area (Å²) in [6.45, 7) is 6.35. The number of ether oxygens (including phenoxy) is 1. The van der Waals surface area contributed by atoms with Crippen molar-refractivity contribution in [3.63, 3.8) is 0 Å². The fraction of sp³-hybridized carbons (Fsp3) is 0.467. The number of guanidine groups is 1. The van der Waals surface area contributed by atoms with E-state index in [1.54, 1.807) is 10.9 Å². The molecule has 0 spiro atoms. The fourth-order valence-corrected chi connectivity index (χ4v) is 1.96. The molecule has 0 aliphatic carbocycles. The molecule has 0 saturated heterocycles. The fourth-order valence-electron chi connectivity index (χ4n) is 1.96. The number of nitrogens with one attached hydrogen (secondary N) is 2. The van der Waals surface area contributed by atoms with Crippen molar-refractivity contribution in [2.45, 2.75) is 26.9 Å². The highest BCUT2D eigenvalue weighted by atomic mass is 127. The molecule has 8 nitrogen and oxygen atoms in total. The van der Waals surface area contributed by atoms with Crippen LogP contribution in [0, 0.1) is 0 Å². The van der Waals surface area contributed by atoms with Crippen molar-refractivity contribution in [3.8, 4) is 5.88 Å². The average Bonchev–Trinajstić information content (AvgIpc) is 2.97. The van der Waals surface area contributed by atoms with Crippen molar-refractivity contribution < 1.29 is 4.74 Å². The highest BCUT2D eigenvalue weighted by molar-refractivity contribution is 14.0. The molecule has 0 aliphatic rings. The number of nitrogens with zero attached hydrogens (tertiary/aromatic N) is 5. The molecule has 24 heavy (non-hydrogen) atoms. The van der Waals surface area contributed by atoms with E-state index < -0.39 is 0 Å². The zero-order valence-electron chi connectivity index (χ0n) is 14.2. The number of aliphatic imine (C=N–C) groups is 1. The lowest BCUT2D eigenvalue weighted by Gasteiger charge is -2.11. The second-order valence-electron chi connectivity index (χ2n) is 4.75. The summed E-state index contributed by atoms with van der Waals surface area (Å²) in [7, 11) is 1.86. The quantitative estimate of drug-likeness (QED) is 0.382. The molecule has 0 atom stereocenters. The molecule has 9 heteroatoms. The molecule has 0 bridgehead atoms. The second kappa shape index (κ2) is 10.8. The van der Waals surface area contributed by atoms with E-state index in [2.05, 4.69) is 30.7 Å². The Bertz CT molecular complexity index is 644. The number of hydrogen-bond donors (Lipinski definition) is 2. The maximum absolute atomic E-state index is 5.52. The van der Waals surface area contributed by atoms with Gasteiger partial charge >= 0.3 is 0 Å². The molecule has 2 heterocycles. The van der Waals surface area contributed by atoms with E-state index in [1.165, 1.54) is 6.33 Å². The van der Waals surface area contributed by atoms with Gasteiger partial charge in [-0.2, -0.15) is 5.10 Å². The van der Waals surface area contributed by atoms with E-state index in [4.69, 9.17) is 4.74 Å². The van der Waals surface area contributed by atoms with Gasteiger partial charge in [-0.3, -0.25) is 4.68 Å². The standard InChI is InChI=1S/C15H23N7O.HI/c1-4-16-15(19-10-13-20-11-21-22(13)3)18-9-12-7-6-8-17-14(12)23-5-2;/h6-8,11H,4-5,9-10H2,1-3H3,(H2,16,18,19);1H. The van der Waals surface area contributed by atoms with Gasteiger partial charge in [0.2, 0.25) is 5.88 Å².